The van der Waals surface area contributed by atoms with Gasteiger partial charge in [0.2, 0.25) is 5.91 Å². The van der Waals surface area contributed by atoms with E-state index in [1.807, 2.05) is 55.5 Å². The molecule has 0 saturated heterocycles. The lowest BCUT2D eigenvalue weighted by Crippen LogP contribution is -2.31. The third-order valence-electron chi connectivity index (χ3n) is 4.71. The number of hydrogen-bond donors (Lipinski definition) is 2. The van der Waals surface area contributed by atoms with Crippen LogP contribution >= 0.6 is 0 Å². The maximum absolute atomic E-state index is 12.1. The molecular formula is C22H26N2O3. The number of anilines is 1. The number of benzene rings is 2. The first-order valence-corrected chi connectivity index (χ1v) is 9.47. The summed E-state index contributed by atoms with van der Waals surface area (Å²) in [5, 5.41) is 5.84. The Labute approximate surface area is 160 Å². The van der Waals surface area contributed by atoms with Crippen LogP contribution in [0, 0.1) is 5.92 Å². The molecule has 1 fully saturated rings. The third kappa shape index (κ3) is 5.58. The molecule has 27 heavy (non-hydrogen) atoms. The van der Waals surface area contributed by atoms with Crippen molar-refractivity contribution in [3.05, 3.63) is 59.7 Å². The highest BCUT2D eigenvalue weighted by atomic mass is 16.5. The summed E-state index contributed by atoms with van der Waals surface area (Å²) in [4.78, 5) is 23.9. The molecule has 2 amide bonds. The van der Waals surface area contributed by atoms with Gasteiger partial charge in [-0.25, -0.2) is 0 Å². The highest BCUT2D eigenvalue weighted by Crippen LogP contribution is 2.30. The maximum atomic E-state index is 12.1. The molecule has 1 atom stereocenters. The quantitative estimate of drug-likeness (QED) is 0.746. The summed E-state index contributed by atoms with van der Waals surface area (Å²) >= 11 is 0. The minimum Gasteiger partial charge on any atom is -0.484 e. The van der Waals surface area contributed by atoms with E-state index in [2.05, 4.69) is 17.6 Å². The second kappa shape index (κ2) is 8.71. The molecule has 0 spiro atoms. The van der Waals surface area contributed by atoms with Gasteiger partial charge in [0, 0.05) is 11.6 Å². The zero-order valence-electron chi connectivity index (χ0n) is 15.8. The molecule has 0 heterocycles. The second-order valence-electron chi connectivity index (χ2n) is 6.96. The first kappa shape index (κ1) is 19.0. The van der Waals surface area contributed by atoms with Gasteiger partial charge in [0.1, 0.15) is 5.75 Å². The monoisotopic (exact) mass is 366 g/mol. The first-order chi connectivity index (χ1) is 13.0. The SMILES string of the molecule is CCc1ccc(OCC(=O)NC(C)c2ccc(NC(=O)C3CC3)cc2)cc1. The summed E-state index contributed by atoms with van der Waals surface area (Å²) < 4.78 is 5.54. The van der Waals surface area contributed by atoms with Crippen molar-refractivity contribution in [2.24, 2.45) is 5.92 Å². The van der Waals surface area contributed by atoms with E-state index in [9.17, 15) is 9.59 Å². The number of carbonyl (C=O) groups is 2. The predicted octanol–water partition coefficient (Wildman–Crippen LogP) is 3.85. The Bertz CT molecular complexity index is 780. The Kier molecular flexibility index (Phi) is 6.12. The molecule has 0 aliphatic heterocycles. The van der Waals surface area contributed by atoms with Gasteiger partial charge < -0.3 is 15.4 Å². The van der Waals surface area contributed by atoms with Crippen LogP contribution in [0.15, 0.2) is 48.5 Å². The summed E-state index contributed by atoms with van der Waals surface area (Å²) in [5.41, 5.74) is 2.99. The zero-order chi connectivity index (χ0) is 19.2. The fourth-order valence-electron chi connectivity index (χ4n) is 2.78. The minimum atomic E-state index is -0.173. The number of rotatable bonds is 8. The highest BCUT2D eigenvalue weighted by Gasteiger charge is 2.29. The van der Waals surface area contributed by atoms with Crippen molar-refractivity contribution in [3.63, 3.8) is 0 Å². The van der Waals surface area contributed by atoms with Crippen LogP contribution in [0.3, 0.4) is 0 Å². The van der Waals surface area contributed by atoms with E-state index in [-0.39, 0.29) is 30.4 Å². The van der Waals surface area contributed by atoms with Crippen LogP contribution in [0.1, 0.15) is 43.9 Å². The maximum Gasteiger partial charge on any atom is 0.258 e. The van der Waals surface area contributed by atoms with Crippen molar-refractivity contribution in [2.45, 2.75) is 39.2 Å². The van der Waals surface area contributed by atoms with Crippen molar-refractivity contribution in [3.8, 4) is 5.75 Å². The van der Waals surface area contributed by atoms with E-state index >= 15 is 0 Å². The van der Waals surface area contributed by atoms with Crippen molar-refractivity contribution < 1.29 is 14.3 Å². The van der Waals surface area contributed by atoms with Gasteiger partial charge in [0.05, 0.1) is 6.04 Å². The Hall–Kier alpha value is -2.82. The van der Waals surface area contributed by atoms with Crippen molar-refractivity contribution in [1.82, 2.24) is 5.32 Å². The number of ether oxygens (including phenoxy) is 1. The molecule has 1 aliphatic carbocycles. The summed E-state index contributed by atoms with van der Waals surface area (Å²) in [6.07, 6.45) is 2.94. The summed E-state index contributed by atoms with van der Waals surface area (Å²) in [5.74, 6) is 0.785. The zero-order valence-corrected chi connectivity index (χ0v) is 15.8. The minimum absolute atomic E-state index is 0.0225. The number of nitrogens with one attached hydrogen (secondary N) is 2. The molecule has 2 aromatic rings. The van der Waals surface area contributed by atoms with Crippen LogP contribution < -0.4 is 15.4 Å². The van der Waals surface area contributed by atoms with E-state index < -0.39 is 0 Å². The van der Waals surface area contributed by atoms with Gasteiger partial charge in [-0.3, -0.25) is 9.59 Å². The molecule has 142 valence electrons. The van der Waals surface area contributed by atoms with Crippen LogP contribution in [-0.2, 0) is 16.0 Å². The molecule has 3 rings (SSSR count). The summed E-state index contributed by atoms with van der Waals surface area (Å²) in [6.45, 7) is 4.00. The van der Waals surface area contributed by atoms with Gasteiger partial charge in [0.15, 0.2) is 6.61 Å². The topological polar surface area (TPSA) is 67.4 Å². The molecule has 1 aliphatic rings. The van der Waals surface area contributed by atoms with Crippen molar-refractivity contribution in [2.75, 3.05) is 11.9 Å². The Morgan fingerprint density at radius 1 is 1.07 bits per heavy atom. The Balaban J connectivity index is 1.46. The second-order valence-corrected chi connectivity index (χ2v) is 6.96. The predicted molar refractivity (Wildman–Crippen MR) is 106 cm³/mol. The number of amides is 2. The first-order valence-electron chi connectivity index (χ1n) is 9.47. The van der Waals surface area contributed by atoms with E-state index in [4.69, 9.17) is 4.74 Å². The van der Waals surface area contributed by atoms with Gasteiger partial charge in [0.25, 0.3) is 5.91 Å². The van der Waals surface area contributed by atoms with E-state index in [1.165, 1.54) is 5.56 Å². The fourth-order valence-corrected chi connectivity index (χ4v) is 2.78. The van der Waals surface area contributed by atoms with E-state index in [0.29, 0.717) is 5.75 Å². The van der Waals surface area contributed by atoms with Crippen LogP contribution in [0.4, 0.5) is 5.69 Å². The Morgan fingerprint density at radius 3 is 2.33 bits per heavy atom. The van der Waals surface area contributed by atoms with Gasteiger partial charge in [-0.05, 0) is 61.6 Å². The molecule has 1 unspecified atom stereocenters. The molecule has 0 radical (unpaired) electrons. The molecule has 2 aromatic carbocycles. The highest BCUT2D eigenvalue weighted by molar-refractivity contribution is 5.94. The average molecular weight is 366 g/mol. The molecule has 5 nitrogen and oxygen atoms in total. The summed E-state index contributed by atoms with van der Waals surface area (Å²) in [7, 11) is 0. The summed E-state index contributed by atoms with van der Waals surface area (Å²) in [6, 6.07) is 15.2. The van der Waals surface area contributed by atoms with Gasteiger partial charge in [-0.15, -0.1) is 0 Å². The molecular weight excluding hydrogens is 340 g/mol. The Morgan fingerprint density at radius 2 is 1.74 bits per heavy atom. The fraction of sp³-hybridized carbons (Fsp3) is 0.364. The number of hydrogen-bond acceptors (Lipinski definition) is 3. The van der Waals surface area contributed by atoms with Gasteiger partial charge >= 0.3 is 0 Å². The normalized spacial score (nSPS) is 14.3. The third-order valence-corrected chi connectivity index (χ3v) is 4.71. The van der Waals surface area contributed by atoms with Crippen molar-refractivity contribution in [1.29, 1.82) is 0 Å². The largest absolute Gasteiger partial charge is 0.484 e. The molecule has 5 heteroatoms. The van der Waals surface area contributed by atoms with Crippen molar-refractivity contribution >= 4 is 17.5 Å². The molecule has 0 aromatic heterocycles. The van der Waals surface area contributed by atoms with Gasteiger partial charge in [-0.1, -0.05) is 31.2 Å². The van der Waals surface area contributed by atoms with Gasteiger partial charge in [-0.2, -0.15) is 0 Å². The lowest BCUT2D eigenvalue weighted by atomic mass is 10.1. The van der Waals surface area contributed by atoms with Crippen LogP contribution in [0.2, 0.25) is 0 Å². The lowest BCUT2D eigenvalue weighted by molar-refractivity contribution is -0.123. The van der Waals surface area contributed by atoms with Crippen LogP contribution in [0.5, 0.6) is 5.75 Å². The van der Waals surface area contributed by atoms with Crippen LogP contribution in [0.25, 0.3) is 0 Å². The standard InChI is InChI=1S/C22H26N2O3/c1-3-16-4-12-20(13-5-16)27-14-21(25)23-15(2)17-8-10-19(11-9-17)24-22(26)18-6-7-18/h4-5,8-13,15,18H,3,6-7,14H2,1-2H3,(H,23,25)(H,24,26). The number of carbonyl (C=O) groups excluding carboxylic acids is 2. The number of aryl methyl sites for hydroxylation is 1. The molecule has 1 saturated carbocycles. The lowest BCUT2D eigenvalue weighted by Gasteiger charge is -2.15. The van der Waals surface area contributed by atoms with E-state index in [0.717, 1.165) is 30.5 Å². The molecule has 2 N–H and O–H groups in total. The van der Waals surface area contributed by atoms with Crippen LogP contribution in [-0.4, -0.2) is 18.4 Å². The average Bonchev–Trinajstić information content (AvgIpc) is 3.52. The molecule has 0 bridgehead atoms. The van der Waals surface area contributed by atoms with E-state index in [1.54, 1.807) is 0 Å². The smallest absolute Gasteiger partial charge is 0.258 e.